The zero-order valence-electron chi connectivity index (χ0n) is 27.8. The number of alkyl carbamates (subject to hydrolysis) is 1. The number of hydrogen-bond donors (Lipinski definition) is 4. The van der Waals surface area contributed by atoms with Crippen LogP contribution in [0.1, 0.15) is 71.9 Å². The third-order valence-electron chi connectivity index (χ3n) is 7.34. The SMILES string of the molecule is COc1ccc(C[C@H](NC(=O)O)C(=O)N[C@@H](C)CCCN2C(=O)[C@@](CC(C)C)(c3ccccc3)N=C2NC(=O)OC(C)(C)C)cc1. The van der Waals surface area contributed by atoms with Crippen molar-refractivity contribution in [2.24, 2.45) is 10.9 Å². The maximum atomic E-state index is 14.2. The van der Waals surface area contributed by atoms with Gasteiger partial charge in [-0.25, -0.2) is 14.6 Å². The first-order valence-corrected chi connectivity index (χ1v) is 15.5. The summed E-state index contributed by atoms with van der Waals surface area (Å²) in [5, 5.41) is 17.2. The molecule has 0 fully saturated rings. The van der Waals surface area contributed by atoms with Crippen LogP contribution < -0.4 is 20.7 Å². The Morgan fingerprint density at radius 1 is 1.00 bits per heavy atom. The molecule has 0 aliphatic carbocycles. The van der Waals surface area contributed by atoms with Crippen LogP contribution in [-0.4, -0.2) is 71.3 Å². The molecule has 4 N–H and O–H groups in total. The highest BCUT2D eigenvalue weighted by molar-refractivity contribution is 6.11. The number of ether oxygens (including phenoxy) is 2. The molecule has 1 heterocycles. The van der Waals surface area contributed by atoms with Crippen LogP contribution in [0.2, 0.25) is 0 Å². The number of aliphatic imine (C=N–C) groups is 1. The summed E-state index contributed by atoms with van der Waals surface area (Å²) in [6.45, 7) is 11.3. The van der Waals surface area contributed by atoms with E-state index >= 15 is 0 Å². The maximum Gasteiger partial charge on any atom is 0.414 e. The number of nitrogens with one attached hydrogen (secondary N) is 3. The standard InChI is InChI=1S/C34H47N5O7/c1-22(2)21-34(25-13-9-8-10-14-25)29(41)39(30(38-34)37-32(44)46-33(4,5)6)19-11-12-23(3)35-28(40)27(36-31(42)43)20-24-15-17-26(45-7)18-16-24/h8-10,13-18,22-23,27,36H,11-12,19-21H2,1-7H3,(H,35,40)(H,42,43)(H,37,38,44)/t23-,27-,34+/m0/s1. The molecule has 2 aromatic carbocycles. The van der Waals surface area contributed by atoms with Crippen LogP contribution in [0, 0.1) is 5.92 Å². The minimum absolute atomic E-state index is 0.116. The third kappa shape index (κ3) is 9.95. The van der Waals surface area contributed by atoms with Crippen LogP contribution in [0.15, 0.2) is 59.6 Å². The number of rotatable bonds is 13. The van der Waals surface area contributed by atoms with Gasteiger partial charge in [-0.2, -0.15) is 0 Å². The molecule has 1 aliphatic rings. The van der Waals surface area contributed by atoms with Crippen molar-refractivity contribution in [2.45, 2.75) is 90.4 Å². The second-order valence-corrected chi connectivity index (χ2v) is 12.9. The molecule has 46 heavy (non-hydrogen) atoms. The van der Waals surface area contributed by atoms with Crippen molar-refractivity contribution in [3.8, 4) is 5.75 Å². The molecule has 3 rings (SSSR count). The lowest BCUT2D eigenvalue weighted by Crippen LogP contribution is -2.50. The summed E-state index contributed by atoms with van der Waals surface area (Å²) in [6, 6.07) is 15.0. The van der Waals surface area contributed by atoms with E-state index in [0.717, 1.165) is 11.1 Å². The highest BCUT2D eigenvalue weighted by atomic mass is 16.6. The summed E-state index contributed by atoms with van der Waals surface area (Å²) in [4.78, 5) is 57.9. The van der Waals surface area contributed by atoms with Gasteiger partial charge in [-0.05, 0) is 76.1 Å². The van der Waals surface area contributed by atoms with Crippen LogP contribution in [0.5, 0.6) is 5.75 Å². The van der Waals surface area contributed by atoms with Crippen LogP contribution in [0.3, 0.4) is 0 Å². The highest BCUT2D eigenvalue weighted by Gasteiger charge is 2.50. The van der Waals surface area contributed by atoms with E-state index in [-0.39, 0.29) is 36.8 Å². The predicted octanol–water partition coefficient (Wildman–Crippen LogP) is 4.82. The molecule has 12 heteroatoms. The van der Waals surface area contributed by atoms with Crippen molar-refractivity contribution in [1.29, 1.82) is 0 Å². The van der Waals surface area contributed by atoms with Gasteiger partial charge >= 0.3 is 12.2 Å². The molecule has 2 aromatic rings. The summed E-state index contributed by atoms with van der Waals surface area (Å²) in [5.74, 6) is 0.180. The van der Waals surface area contributed by atoms with E-state index in [1.54, 1.807) is 52.1 Å². The van der Waals surface area contributed by atoms with Crippen molar-refractivity contribution in [1.82, 2.24) is 20.9 Å². The van der Waals surface area contributed by atoms with E-state index in [0.29, 0.717) is 25.0 Å². The summed E-state index contributed by atoms with van der Waals surface area (Å²) in [6.07, 6.45) is -0.493. The minimum Gasteiger partial charge on any atom is -0.497 e. The zero-order valence-corrected chi connectivity index (χ0v) is 27.8. The van der Waals surface area contributed by atoms with Crippen LogP contribution in [-0.2, 0) is 26.3 Å². The number of carbonyl (C=O) groups is 4. The van der Waals surface area contributed by atoms with E-state index in [2.05, 4.69) is 16.0 Å². The second-order valence-electron chi connectivity index (χ2n) is 12.9. The lowest BCUT2D eigenvalue weighted by Gasteiger charge is -2.28. The molecule has 4 amide bonds. The van der Waals surface area contributed by atoms with Gasteiger partial charge in [0.05, 0.1) is 7.11 Å². The molecule has 0 saturated carbocycles. The van der Waals surface area contributed by atoms with Crippen molar-refractivity contribution in [3.63, 3.8) is 0 Å². The number of nitrogens with zero attached hydrogens (tertiary/aromatic N) is 2. The van der Waals surface area contributed by atoms with Gasteiger partial charge in [0.15, 0.2) is 5.54 Å². The first kappa shape index (κ1) is 35.9. The van der Waals surface area contributed by atoms with E-state index in [9.17, 15) is 24.3 Å². The Labute approximate surface area is 270 Å². The Balaban J connectivity index is 1.73. The Kier molecular flexibility index (Phi) is 12.2. The fourth-order valence-electron chi connectivity index (χ4n) is 5.38. The molecular formula is C34H47N5O7. The number of hydrogen-bond acceptors (Lipinski definition) is 7. The molecular weight excluding hydrogens is 590 g/mol. The Hall–Kier alpha value is -4.61. The number of guanidine groups is 1. The Bertz CT molecular complexity index is 1390. The summed E-state index contributed by atoms with van der Waals surface area (Å²) >= 11 is 0. The fraction of sp³-hybridized carbons (Fsp3) is 0.500. The molecule has 0 saturated heterocycles. The van der Waals surface area contributed by atoms with Gasteiger partial charge < -0.3 is 25.2 Å². The van der Waals surface area contributed by atoms with Gasteiger partial charge in [-0.15, -0.1) is 0 Å². The quantitative estimate of drug-likeness (QED) is 0.245. The first-order valence-electron chi connectivity index (χ1n) is 15.5. The number of carbonyl (C=O) groups excluding carboxylic acids is 3. The van der Waals surface area contributed by atoms with Crippen LogP contribution in [0.25, 0.3) is 0 Å². The third-order valence-corrected chi connectivity index (χ3v) is 7.34. The van der Waals surface area contributed by atoms with E-state index in [1.165, 1.54) is 4.90 Å². The van der Waals surface area contributed by atoms with E-state index < -0.39 is 35.3 Å². The van der Waals surface area contributed by atoms with Crippen molar-refractivity contribution in [3.05, 3.63) is 65.7 Å². The van der Waals surface area contributed by atoms with Gasteiger partial charge in [0, 0.05) is 19.0 Å². The lowest BCUT2D eigenvalue weighted by atomic mass is 9.82. The average molecular weight is 638 g/mol. The predicted molar refractivity (Wildman–Crippen MR) is 175 cm³/mol. The fourth-order valence-corrected chi connectivity index (χ4v) is 5.38. The van der Waals surface area contributed by atoms with Gasteiger partial charge in [0.25, 0.3) is 5.91 Å². The van der Waals surface area contributed by atoms with E-state index in [4.69, 9.17) is 14.5 Å². The number of carboxylic acid groups (broad SMARTS) is 1. The molecule has 1 aliphatic heterocycles. The molecule has 0 spiro atoms. The van der Waals surface area contributed by atoms with Gasteiger partial charge in [0.2, 0.25) is 11.9 Å². The smallest absolute Gasteiger partial charge is 0.414 e. The topological polar surface area (TPSA) is 159 Å². The highest BCUT2D eigenvalue weighted by Crippen LogP contribution is 2.39. The summed E-state index contributed by atoms with van der Waals surface area (Å²) in [5.41, 5.74) is -0.464. The van der Waals surface area contributed by atoms with Crippen LogP contribution >= 0.6 is 0 Å². The van der Waals surface area contributed by atoms with Gasteiger partial charge in [-0.3, -0.25) is 19.8 Å². The number of benzene rings is 2. The molecule has 12 nitrogen and oxygen atoms in total. The average Bonchev–Trinajstić information content (AvgIpc) is 3.22. The Morgan fingerprint density at radius 2 is 1.65 bits per heavy atom. The molecule has 0 unspecified atom stereocenters. The van der Waals surface area contributed by atoms with E-state index in [1.807, 2.05) is 51.1 Å². The van der Waals surface area contributed by atoms with Crippen LogP contribution in [0.4, 0.5) is 9.59 Å². The summed E-state index contributed by atoms with van der Waals surface area (Å²) < 4.78 is 10.6. The second kappa shape index (κ2) is 15.6. The van der Waals surface area contributed by atoms with Gasteiger partial charge in [0.1, 0.15) is 17.4 Å². The van der Waals surface area contributed by atoms with Crippen molar-refractivity contribution < 1.29 is 33.8 Å². The largest absolute Gasteiger partial charge is 0.497 e. The number of amides is 4. The maximum absolute atomic E-state index is 14.2. The van der Waals surface area contributed by atoms with Gasteiger partial charge in [-0.1, -0.05) is 56.3 Å². The molecule has 0 radical (unpaired) electrons. The Morgan fingerprint density at radius 3 is 2.22 bits per heavy atom. The minimum atomic E-state index is -1.30. The summed E-state index contributed by atoms with van der Waals surface area (Å²) in [7, 11) is 1.55. The monoisotopic (exact) mass is 637 g/mol. The lowest BCUT2D eigenvalue weighted by molar-refractivity contribution is -0.132. The van der Waals surface area contributed by atoms with Crippen molar-refractivity contribution >= 4 is 30.0 Å². The zero-order chi connectivity index (χ0) is 34.1. The molecule has 250 valence electrons. The first-order chi connectivity index (χ1) is 21.6. The molecule has 0 aromatic heterocycles. The molecule has 3 atom stereocenters. The van der Waals surface area contributed by atoms with Crippen molar-refractivity contribution in [2.75, 3.05) is 13.7 Å². The normalized spacial score (nSPS) is 17.6. The molecule has 0 bridgehead atoms. The number of methoxy groups -OCH3 is 1.